The van der Waals surface area contributed by atoms with Crippen LogP contribution in [0.1, 0.15) is 10.4 Å². The molecule has 0 saturated carbocycles. The van der Waals surface area contributed by atoms with Crippen LogP contribution in [0.2, 0.25) is 0 Å². The molecule has 0 aliphatic heterocycles. The molecule has 0 bridgehead atoms. The second-order valence-electron chi connectivity index (χ2n) is 3.53. The van der Waals surface area contributed by atoms with E-state index in [2.05, 4.69) is 15.5 Å². The van der Waals surface area contributed by atoms with Crippen molar-refractivity contribution in [2.24, 2.45) is 0 Å². The SMILES string of the molecule is COC(=O)c1ccc(NC(=S)NN(C)C)cc1. The summed E-state index contributed by atoms with van der Waals surface area (Å²) in [6.07, 6.45) is 0. The molecule has 0 saturated heterocycles. The third-order valence-corrected chi connectivity index (χ3v) is 2.08. The fourth-order valence-electron chi connectivity index (χ4n) is 1.17. The second kappa shape index (κ2) is 6.17. The molecule has 0 atom stereocenters. The van der Waals surface area contributed by atoms with Gasteiger partial charge in [0.25, 0.3) is 0 Å². The average Bonchev–Trinajstić information content (AvgIpc) is 2.28. The molecule has 1 aromatic carbocycles. The molecule has 1 rings (SSSR count). The fourth-order valence-corrected chi connectivity index (χ4v) is 1.47. The third-order valence-electron chi connectivity index (χ3n) is 1.89. The molecule has 6 heteroatoms. The molecule has 0 aromatic heterocycles. The van der Waals surface area contributed by atoms with Crippen LogP contribution in [0.5, 0.6) is 0 Å². The lowest BCUT2D eigenvalue weighted by Crippen LogP contribution is -2.38. The summed E-state index contributed by atoms with van der Waals surface area (Å²) in [6.45, 7) is 0. The van der Waals surface area contributed by atoms with Crippen molar-refractivity contribution in [3.8, 4) is 0 Å². The zero-order chi connectivity index (χ0) is 12.8. The zero-order valence-electron chi connectivity index (χ0n) is 9.98. The Kier molecular flexibility index (Phi) is 4.86. The van der Waals surface area contributed by atoms with E-state index in [1.165, 1.54) is 7.11 Å². The van der Waals surface area contributed by atoms with Crippen LogP contribution in [-0.2, 0) is 4.74 Å². The lowest BCUT2D eigenvalue weighted by atomic mass is 10.2. The van der Waals surface area contributed by atoms with Crippen molar-refractivity contribution >= 4 is 29.0 Å². The van der Waals surface area contributed by atoms with E-state index in [0.717, 1.165) is 5.69 Å². The molecule has 0 spiro atoms. The number of hydrogen-bond donors (Lipinski definition) is 2. The van der Waals surface area contributed by atoms with E-state index in [0.29, 0.717) is 10.7 Å². The normalized spacial score (nSPS) is 9.88. The Morgan fingerprint density at radius 3 is 2.35 bits per heavy atom. The standard InChI is InChI=1S/C11H15N3O2S/c1-14(2)13-11(17)12-9-6-4-8(5-7-9)10(15)16-3/h4-7H,1-3H3,(H2,12,13,17). The van der Waals surface area contributed by atoms with Crippen LogP contribution in [0.4, 0.5) is 5.69 Å². The van der Waals surface area contributed by atoms with Crippen molar-refractivity contribution in [3.05, 3.63) is 29.8 Å². The van der Waals surface area contributed by atoms with Gasteiger partial charge in [-0.15, -0.1) is 0 Å². The maximum absolute atomic E-state index is 11.2. The molecular formula is C11H15N3O2S. The van der Waals surface area contributed by atoms with Gasteiger partial charge < -0.3 is 10.1 Å². The Balaban J connectivity index is 2.62. The van der Waals surface area contributed by atoms with Gasteiger partial charge in [-0.1, -0.05) is 0 Å². The molecule has 0 fully saturated rings. The molecule has 0 aliphatic rings. The van der Waals surface area contributed by atoms with E-state index < -0.39 is 0 Å². The molecule has 0 unspecified atom stereocenters. The highest BCUT2D eigenvalue weighted by Gasteiger charge is 2.04. The summed E-state index contributed by atoms with van der Waals surface area (Å²) in [5.74, 6) is -0.356. The van der Waals surface area contributed by atoms with Crippen molar-refractivity contribution in [3.63, 3.8) is 0 Å². The molecule has 1 aromatic rings. The number of nitrogens with one attached hydrogen (secondary N) is 2. The van der Waals surface area contributed by atoms with Crippen molar-refractivity contribution in [1.29, 1.82) is 0 Å². The number of carbonyl (C=O) groups excluding carboxylic acids is 1. The number of rotatable bonds is 3. The topological polar surface area (TPSA) is 53.6 Å². The highest BCUT2D eigenvalue weighted by atomic mass is 32.1. The van der Waals surface area contributed by atoms with E-state index in [9.17, 15) is 4.79 Å². The average molecular weight is 253 g/mol. The summed E-state index contributed by atoms with van der Waals surface area (Å²) in [5, 5.41) is 5.21. The number of anilines is 1. The van der Waals surface area contributed by atoms with Crippen molar-refractivity contribution < 1.29 is 9.53 Å². The molecule has 5 nitrogen and oxygen atoms in total. The second-order valence-corrected chi connectivity index (χ2v) is 3.94. The molecule has 0 amide bonds. The Morgan fingerprint density at radius 2 is 1.88 bits per heavy atom. The van der Waals surface area contributed by atoms with Crippen LogP contribution in [0, 0.1) is 0 Å². The van der Waals surface area contributed by atoms with E-state index in [1.54, 1.807) is 29.3 Å². The number of carbonyl (C=O) groups is 1. The molecule has 0 aliphatic carbocycles. The van der Waals surface area contributed by atoms with Crippen molar-refractivity contribution in [1.82, 2.24) is 10.4 Å². The van der Waals surface area contributed by atoms with Crippen molar-refractivity contribution in [2.45, 2.75) is 0 Å². The number of esters is 1. The van der Waals surface area contributed by atoms with E-state index in [4.69, 9.17) is 12.2 Å². The van der Waals surface area contributed by atoms with Gasteiger partial charge >= 0.3 is 5.97 Å². The van der Waals surface area contributed by atoms with Gasteiger partial charge in [-0.2, -0.15) is 0 Å². The molecule has 17 heavy (non-hydrogen) atoms. The van der Waals surface area contributed by atoms with Gasteiger partial charge in [-0.3, -0.25) is 5.43 Å². The fraction of sp³-hybridized carbons (Fsp3) is 0.273. The highest BCUT2D eigenvalue weighted by molar-refractivity contribution is 7.80. The quantitative estimate of drug-likeness (QED) is 0.480. The lowest BCUT2D eigenvalue weighted by Gasteiger charge is -2.15. The summed E-state index contributed by atoms with van der Waals surface area (Å²) < 4.78 is 4.61. The van der Waals surface area contributed by atoms with Gasteiger partial charge in [0.05, 0.1) is 12.7 Å². The number of ether oxygens (including phenoxy) is 1. The summed E-state index contributed by atoms with van der Waals surface area (Å²) in [4.78, 5) is 11.2. The van der Waals surface area contributed by atoms with Crippen LogP contribution in [0.3, 0.4) is 0 Å². The lowest BCUT2D eigenvalue weighted by molar-refractivity contribution is 0.0601. The van der Waals surface area contributed by atoms with Crippen LogP contribution in [0.25, 0.3) is 0 Å². The summed E-state index contributed by atoms with van der Waals surface area (Å²) in [5.41, 5.74) is 4.21. The maximum Gasteiger partial charge on any atom is 0.337 e. The number of benzene rings is 1. The summed E-state index contributed by atoms with van der Waals surface area (Å²) >= 11 is 5.06. The number of hydrazine groups is 1. The molecule has 2 N–H and O–H groups in total. The first-order chi connectivity index (χ1) is 8.02. The Hall–Kier alpha value is -1.66. The van der Waals surface area contributed by atoms with Crippen molar-refractivity contribution in [2.75, 3.05) is 26.5 Å². The predicted octanol–water partition coefficient (Wildman–Crippen LogP) is 1.24. The predicted molar refractivity (Wildman–Crippen MR) is 70.8 cm³/mol. The number of nitrogens with zero attached hydrogens (tertiary/aromatic N) is 1. The van der Waals surface area contributed by atoms with E-state index in [-0.39, 0.29) is 5.97 Å². The minimum atomic E-state index is -0.356. The Bertz CT molecular complexity index is 404. The minimum Gasteiger partial charge on any atom is -0.465 e. The highest BCUT2D eigenvalue weighted by Crippen LogP contribution is 2.10. The molecule has 92 valence electrons. The largest absolute Gasteiger partial charge is 0.465 e. The first-order valence-corrected chi connectivity index (χ1v) is 5.37. The van der Waals surface area contributed by atoms with Gasteiger partial charge in [-0.05, 0) is 36.5 Å². The number of thiocarbonyl (C=S) groups is 1. The van der Waals surface area contributed by atoms with Gasteiger partial charge in [0.15, 0.2) is 5.11 Å². The molecule has 0 heterocycles. The van der Waals surface area contributed by atoms with E-state index >= 15 is 0 Å². The molecule has 0 radical (unpaired) electrons. The smallest absolute Gasteiger partial charge is 0.337 e. The Labute approximate surface area is 106 Å². The van der Waals surface area contributed by atoms with Crippen LogP contribution in [0.15, 0.2) is 24.3 Å². The first kappa shape index (κ1) is 13.4. The van der Waals surface area contributed by atoms with Gasteiger partial charge in [0.2, 0.25) is 0 Å². The van der Waals surface area contributed by atoms with Gasteiger partial charge in [0, 0.05) is 19.8 Å². The van der Waals surface area contributed by atoms with Crippen LogP contribution in [-0.4, -0.2) is 37.3 Å². The number of hydrogen-bond acceptors (Lipinski definition) is 4. The number of methoxy groups -OCH3 is 1. The maximum atomic E-state index is 11.2. The molecular weight excluding hydrogens is 238 g/mol. The van der Waals surface area contributed by atoms with Gasteiger partial charge in [0.1, 0.15) is 0 Å². The third kappa shape index (κ3) is 4.38. The van der Waals surface area contributed by atoms with E-state index in [1.807, 2.05) is 14.1 Å². The van der Waals surface area contributed by atoms with Crippen LogP contribution < -0.4 is 10.7 Å². The minimum absolute atomic E-state index is 0.356. The van der Waals surface area contributed by atoms with Crippen LogP contribution >= 0.6 is 12.2 Å². The summed E-state index contributed by atoms with van der Waals surface area (Å²) in [6, 6.07) is 6.87. The summed E-state index contributed by atoms with van der Waals surface area (Å²) in [7, 11) is 5.04. The first-order valence-electron chi connectivity index (χ1n) is 4.96. The Morgan fingerprint density at radius 1 is 1.29 bits per heavy atom. The van der Waals surface area contributed by atoms with Gasteiger partial charge in [-0.25, -0.2) is 9.80 Å². The monoisotopic (exact) mass is 253 g/mol. The zero-order valence-corrected chi connectivity index (χ0v) is 10.8.